The molecule has 4 atom stereocenters. The van der Waals surface area contributed by atoms with Gasteiger partial charge in [0.05, 0.1) is 23.3 Å². The Morgan fingerprint density at radius 3 is 2.79 bits per heavy atom. The summed E-state index contributed by atoms with van der Waals surface area (Å²) in [5, 5.41) is 29.3. The number of aliphatic hydroxyl groups is 3. The number of thioether (sulfide) groups is 1. The van der Waals surface area contributed by atoms with Gasteiger partial charge in [0.25, 0.3) is 0 Å². The lowest BCUT2D eigenvalue weighted by Gasteiger charge is -2.17. The van der Waals surface area contributed by atoms with E-state index in [1.807, 2.05) is 0 Å². The van der Waals surface area contributed by atoms with Gasteiger partial charge in [-0.25, -0.2) is 9.97 Å². The molecule has 19 heavy (non-hydrogen) atoms. The van der Waals surface area contributed by atoms with E-state index >= 15 is 0 Å². The van der Waals surface area contributed by atoms with Gasteiger partial charge in [-0.15, -0.1) is 11.8 Å². The van der Waals surface area contributed by atoms with Crippen LogP contribution in [-0.2, 0) is 0 Å². The first-order valence-corrected chi connectivity index (χ1v) is 7.05. The minimum absolute atomic E-state index is 0.186. The monoisotopic (exact) mass is 301 g/mol. The fourth-order valence-corrected chi connectivity index (χ4v) is 3.84. The van der Waals surface area contributed by atoms with Gasteiger partial charge in [-0.05, 0) is 6.07 Å². The lowest BCUT2D eigenvalue weighted by Crippen LogP contribution is -2.32. The van der Waals surface area contributed by atoms with Crippen LogP contribution in [0.4, 0.5) is 0 Å². The Morgan fingerprint density at radius 2 is 2.11 bits per heavy atom. The average molecular weight is 302 g/mol. The molecule has 1 fully saturated rings. The summed E-state index contributed by atoms with van der Waals surface area (Å²) in [4.78, 5) is 8.05. The van der Waals surface area contributed by atoms with E-state index in [1.165, 1.54) is 18.1 Å². The highest BCUT2D eigenvalue weighted by atomic mass is 35.5. The van der Waals surface area contributed by atoms with Crippen molar-refractivity contribution in [2.24, 2.45) is 0 Å². The van der Waals surface area contributed by atoms with E-state index in [-0.39, 0.29) is 6.61 Å². The number of hydrogen-bond acceptors (Lipinski definition) is 6. The van der Waals surface area contributed by atoms with Gasteiger partial charge in [0.15, 0.2) is 0 Å². The normalized spacial score (nSPS) is 31.2. The second-order valence-electron chi connectivity index (χ2n) is 4.35. The molecule has 0 bridgehead atoms. The van der Waals surface area contributed by atoms with Crippen molar-refractivity contribution in [3.8, 4) is 0 Å². The lowest BCUT2D eigenvalue weighted by atomic mass is 10.1. The van der Waals surface area contributed by atoms with Crippen LogP contribution in [0.25, 0.3) is 11.0 Å². The Balaban J connectivity index is 2.04. The molecule has 6 nitrogen and oxygen atoms in total. The molecule has 0 unspecified atom stereocenters. The zero-order valence-corrected chi connectivity index (χ0v) is 11.3. The van der Waals surface area contributed by atoms with Gasteiger partial charge < -0.3 is 19.9 Å². The minimum Gasteiger partial charge on any atom is -0.395 e. The molecule has 2 aromatic rings. The Morgan fingerprint density at radius 1 is 1.32 bits per heavy atom. The number of rotatable bonds is 2. The highest BCUT2D eigenvalue weighted by Gasteiger charge is 2.43. The molecule has 0 amide bonds. The van der Waals surface area contributed by atoms with Gasteiger partial charge in [-0.2, -0.15) is 0 Å². The molecule has 3 heterocycles. The number of fused-ring (bicyclic) bond motifs is 1. The van der Waals surface area contributed by atoms with Crippen molar-refractivity contribution in [1.29, 1.82) is 0 Å². The van der Waals surface area contributed by atoms with Crippen molar-refractivity contribution in [3.05, 3.63) is 23.7 Å². The first-order valence-electron chi connectivity index (χ1n) is 5.73. The van der Waals surface area contributed by atoms with Gasteiger partial charge in [0.2, 0.25) is 0 Å². The molecule has 0 radical (unpaired) electrons. The highest BCUT2D eigenvalue weighted by Crippen LogP contribution is 2.43. The SMILES string of the molecule is OC[C@H]1S[C@@H](n2ccc3c(Cl)ncnc32)[C@@H](O)[C@@H]1O. The Kier molecular flexibility index (Phi) is 3.40. The molecule has 102 valence electrons. The Labute approximate surface area is 118 Å². The van der Waals surface area contributed by atoms with Crippen LogP contribution >= 0.6 is 23.4 Å². The molecule has 0 aromatic carbocycles. The van der Waals surface area contributed by atoms with E-state index < -0.39 is 22.8 Å². The molecule has 0 saturated carbocycles. The van der Waals surface area contributed by atoms with E-state index in [9.17, 15) is 15.3 Å². The van der Waals surface area contributed by atoms with Gasteiger partial charge in [-0.3, -0.25) is 0 Å². The molecule has 2 aromatic heterocycles. The number of aliphatic hydroxyl groups excluding tert-OH is 3. The summed E-state index contributed by atoms with van der Waals surface area (Å²) in [6.07, 6.45) is 1.17. The predicted molar refractivity (Wildman–Crippen MR) is 72.1 cm³/mol. The second-order valence-corrected chi connectivity index (χ2v) is 6.07. The van der Waals surface area contributed by atoms with Crippen LogP contribution in [0, 0.1) is 0 Å². The molecule has 0 spiro atoms. The summed E-state index contributed by atoms with van der Waals surface area (Å²) >= 11 is 7.29. The van der Waals surface area contributed by atoms with Crippen LogP contribution in [0.1, 0.15) is 5.37 Å². The first-order chi connectivity index (χ1) is 9.13. The molecule has 1 aliphatic heterocycles. The van der Waals surface area contributed by atoms with Crippen LogP contribution in [0.5, 0.6) is 0 Å². The van der Waals surface area contributed by atoms with Gasteiger partial charge in [0, 0.05) is 6.20 Å². The van der Waals surface area contributed by atoms with Crippen molar-refractivity contribution < 1.29 is 15.3 Å². The maximum absolute atomic E-state index is 10.1. The number of nitrogens with zero attached hydrogens (tertiary/aromatic N) is 3. The fraction of sp³-hybridized carbons (Fsp3) is 0.455. The van der Waals surface area contributed by atoms with Gasteiger partial charge in [0.1, 0.15) is 28.6 Å². The largest absolute Gasteiger partial charge is 0.395 e. The summed E-state index contributed by atoms with van der Waals surface area (Å²) in [5.41, 5.74) is 0.599. The maximum atomic E-state index is 10.1. The molecule has 3 rings (SSSR count). The second kappa shape index (κ2) is 4.92. The smallest absolute Gasteiger partial charge is 0.145 e. The summed E-state index contributed by atoms with van der Waals surface area (Å²) in [7, 11) is 0. The molecule has 0 aliphatic carbocycles. The third-order valence-electron chi connectivity index (χ3n) is 3.25. The van der Waals surface area contributed by atoms with Crippen molar-refractivity contribution in [2.45, 2.75) is 22.8 Å². The molecule has 8 heteroatoms. The van der Waals surface area contributed by atoms with Crippen molar-refractivity contribution in [2.75, 3.05) is 6.61 Å². The summed E-state index contributed by atoms with van der Waals surface area (Å²) < 4.78 is 1.75. The fourth-order valence-electron chi connectivity index (χ4n) is 2.26. The van der Waals surface area contributed by atoms with Crippen molar-refractivity contribution >= 4 is 34.4 Å². The average Bonchev–Trinajstić information content (AvgIpc) is 2.94. The van der Waals surface area contributed by atoms with Gasteiger partial charge >= 0.3 is 0 Å². The molecular weight excluding hydrogens is 290 g/mol. The zero-order valence-electron chi connectivity index (χ0n) is 9.72. The number of aromatic nitrogens is 3. The summed E-state index contributed by atoms with van der Waals surface area (Å²) in [5.74, 6) is 0. The van der Waals surface area contributed by atoms with E-state index in [0.717, 1.165) is 0 Å². The third-order valence-corrected chi connectivity index (χ3v) is 5.12. The molecule has 3 N–H and O–H groups in total. The van der Waals surface area contributed by atoms with E-state index in [2.05, 4.69) is 9.97 Å². The predicted octanol–water partition coefficient (Wildman–Crippen LogP) is 0.413. The summed E-state index contributed by atoms with van der Waals surface area (Å²) in [6.45, 7) is -0.186. The van der Waals surface area contributed by atoms with Crippen LogP contribution < -0.4 is 0 Å². The minimum atomic E-state index is -0.966. The third kappa shape index (κ3) is 2.02. The summed E-state index contributed by atoms with van der Waals surface area (Å²) in [6, 6.07) is 1.77. The lowest BCUT2D eigenvalue weighted by molar-refractivity contribution is 0.0113. The Hall–Kier alpha value is -0.860. The Bertz CT molecular complexity index is 608. The van der Waals surface area contributed by atoms with E-state index in [1.54, 1.807) is 16.8 Å². The van der Waals surface area contributed by atoms with E-state index in [4.69, 9.17) is 11.6 Å². The van der Waals surface area contributed by atoms with Crippen LogP contribution in [0.2, 0.25) is 5.15 Å². The number of halogens is 1. The number of hydrogen-bond donors (Lipinski definition) is 3. The topological polar surface area (TPSA) is 91.4 Å². The van der Waals surface area contributed by atoms with Crippen molar-refractivity contribution in [1.82, 2.24) is 14.5 Å². The van der Waals surface area contributed by atoms with Crippen molar-refractivity contribution in [3.63, 3.8) is 0 Å². The van der Waals surface area contributed by atoms with Crippen LogP contribution in [-0.4, -0.2) is 53.9 Å². The molecule has 1 saturated heterocycles. The maximum Gasteiger partial charge on any atom is 0.145 e. The zero-order chi connectivity index (χ0) is 13.6. The van der Waals surface area contributed by atoms with Gasteiger partial charge in [-0.1, -0.05) is 11.6 Å². The van der Waals surface area contributed by atoms with Crippen LogP contribution in [0.15, 0.2) is 18.6 Å². The standard InChI is InChI=1S/C11H12ClN3O3S/c12-9-5-1-2-15(10(5)14-4-13-9)11-8(18)7(17)6(3-16)19-11/h1-2,4,6-8,11,16-18H,3H2/t6-,7-,8+,11-/m1/s1. The molecular formula is C11H12ClN3O3S. The van der Waals surface area contributed by atoms with E-state index in [0.29, 0.717) is 16.2 Å². The quantitative estimate of drug-likeness (QED) is 0.696. The van der Waals surface area contributed by atoms with Crippen LogP contribution in [0.3, 0.4) is 0 Å². The highest BCUT2D eigenvalue weighted by molar-refractivity contribution is 8.00. The molecule has 1 aliphatic rings. The first kappa shape index (κ1) is 13.1.